The van der Waals surface area contributed by atoms with Crippen LogP contribution in [-0.2, 0) is 0 Å². The van der Waals surface area contributed by atoms with E-state index in [1.165, 1.54) is 41.8 Å². The monoisotopic (exact) mass is 450 g/mol. The Kier molecular flexibility index (Phi) is 5.97. The Morgan fingerprint density at radius 1 is 1.00 bits per heavy atom. The van der Waals surface area contributed by atoms with Gasteiger partial charge in [0.25, 0.3) is 5.91 Å². The second-order valence-electron chi connectivity index (χ2n) is 6.45. The van der Waals surface area contributed by atoms with E-state index in [1.807, 2.05) is 24.3 Å². The number of hydrogen-bond donors (Lipinski definition) is 2. The first-order valence-electron chi connectivity index (χ1n) is 9.13. The molecule has 0 spiro atoms. The number of esters is 1. The summed E-state index contributed by atoms with van der Waals surface area (Å²) in [5.41, 5.74) is 3.48. The molecule has 0 aliphatic carbocycles. The Bertz CT molecular complexity index is 1280. The quantitative estimate of drug-likeness (QED) is 0.188. The summed E-state index contributed by atoms with van der Waals surface area (Å²) in [5.74, 6) is -0.477. The van der Waals surface area contributed by atoms with Crippen LogP contribution in [0.2, 0.25) is 5.02 Å². The molecule has 1 heterocycles. The number of phenols is 1. The number of fused-ring (bicyclic) bond motifs is 1. The number of phenolic OH excluding ortho intramolecular Hbond substituents is 1. The number of benzene rings is 3. The summed E-state index contributed by atoms with van der Waals surface area (Å²) >= 11 is 7.61. The molecule has 2 N–H and O–H groups in total. The van der Waals surface area contributed by atoms with Gasteiger partial charge < -0.3 is 9.84 Å². The van der Waals surface area contributed by atoms with Crippen LogP contribution in [0.15, 0.2) is 77.9 Å². The van der Waals surface area contributed by atoms with E-state index < -0.39 is 11.9 Å². The van der Waals surface area contributed by atoms with Gasteiger partial charge in [0.1, 0.15) is 16.4 Å². The van der Waals surface area contributed by atoms with Crippen LogP contribution in [0.4, 0.5) is 0 Å². The minimum absolute atomic E-state index is 0.0791. The van der Waals surface area contributed by atoms with Gasteiger partial charge in [0.15, 0.2) is 0 Å². The Labute approximate surface area is 186 Å². The molecule has 3 aromatic carbocycles. The average Bonchev–Trinajstić information content (AvgIpc) is 3.12. The third-order valence-corrected chi connectivity index (χ3v) is 5.98. The van der Waals surface area contributed by atoms with Crippen molar-refractivity contribution in [1.82, 2.24) is 5.43 Å². The van der Waals surface area contributed by atoms with E-state index in [1.54, 1.807) is 24.3 Å². The highest BCUT2D eigenvalue weighted by Gasteiger charge is 2.18. The number of rotatable bonds is 5. The second-order valence-corrected chi connectivity index (χ2v) is 7.88. The van der Waals surface area contributed by atoms with Gasteiger partial charge in [-0.2, -0.15) is 5.10 Å². The average molecular weight is 451 g/mol. The summed E-state index contributed by atoms with van der Waals surface area (Å²) in [6.45, 7) is 0. The number of halogens is 1. The lowest BCUT2D eigenvalue weighted by Crippen LogP contribution is -2.17. The van der Waals surface area contributed by atoms with Crippen LogP contribution in [0.3, 0.4) is 0 Å². The summed E-state index contributed by atoms with van der Waals surface area (Å²) in [4.78, 5) is 24.8. The molecule has 0 aliphatic heterocycles. The van der Waals surface area contributed by atoms with Gasteiger partial charge >= 0.3 is 5.97 Å². The fourth-order valence-corrected chi connectivity index (χ4v) is 4.15. The molecule has 0 unspecified atom stereocenters. The zero-order chi connectivity index (χ0) is 21.8. The minimum Gasteiger partial charge on any atom is -0.508 e. The summed E-state index contributed by atoms with van der Waals surface area (Å²) in [6.07, 6.45) is 1.47. The number of ether oxygens (including phenoxy) is 1. The molecule has 0 aliphatic rings. The van der Waals surface area contributed by atoms with Gasteiger partial charge in [-0.3, -0.25) is 4.79 Å². The fourth-order valence-electron chi connectivity index (χ4n) is 2.76. The number of hydrogen-bond acceptors (Lipinski definition) is 6. The maximum atomic E-state index is 12.5. The van der Waals surface area contributed by atoms with Gasteiger partial charge in [0.05, 0.1) is 11.2 Å². The number of hydrazone groups is 1. The number of carbonyl (C=O) groups is 2. The highest BCUT2D eigenvalue weighted by molar-refractivity contribution is 7.21. The normalized spacial score (nSPS) is 11.0. The van der Waals surface area contributed by atoms with Gasteiger partial charge in [-0.05, 0) is 60.2 Å². The van der Waals surface area contributed by atoms with Gasteiger partial charge in [-0.15, -0.1) is 11.3 Å². The molecule has 31 heavy (non-hydrogen) atoms. The largest absolute Gasteiger partial charge is 0.508 e. The maximum absolute atomic E-state index is 12.5. The summed E-state index contributed by atoms with van der Waals surface area (Å²) in [6, 6.07) is 20.0. The van der Waals surface area contributed by atoms with Gasteiger partial charge in [-0.1, -0.05) is 29.8 Å². The van der Waals surface area contributed by atoms with Crippen molar-refractivity contribution in [3.8, 4) is 11.5 Å². The summed E-state index contributed by atoms with van der Waals surface area (Å²) in [7, 11) is 0. The smallest absolute Gasteiger partial charge is 0.355 e. The zero-order valence-electron chi connectivity index (χ0n) is 15.9. The third kappa shape index (κ3) is 4.74. The van der Waals surface area contributed by atoms with E-state index in [4.69, 9.17) is 16.3 Å². The lowest BCUT2D eigenvalue weighted by molar-refractivity contribution is 0.0739. The lowest BCUT2D eigenvalue weighted by Gasteiger charge is -2.03. The van der Waals surface area contributed by atoms with Crippen molar-refractivity contribution in [1.29, 1.82) is 0 Å². The van der Waals surface area contributed by atoms with Crippen molar-refractivity contribution in [2.24, 2.45) is 5.10 Å². The van der Waals surface area contributed by atoms with Crippen LogP contribution in [0.25, 0.3) is 10.1 Å². The van der Waals surface area contributed by atoms with Crippen LogP contribution in [0.5, 0.6) is 11.5 Å². The Balaban J connectivity index is 1.38. The minimum atomic E-state index is -0.520. The highest BCUT2D eigenvalue weighted by Crippen LogP contribution is 2.35. The molecule has 4 rings (SSSR count). The van der Waals surface area contributed by atoms with E-state index >= 15 is 0 Å². The van der Waals surface area contributed by atoms with Crippen LogP contribution in [-0.4, -0.2) is 23.2 Å². The molecule has 0 saturated heterocycles. The number of nitrogens with one attached hydrogen (secondary N) is 1. The van der Waals surface area contributed by atoms with E-state index in [0.717, 1.165) is 10.1 Å². The first-order chi connectivity index (χ1) is 15.0. The van der Waals surface area contributed by atoms with Crippen molar-refractivity contribution >= 4 is 51.1 Å². The molecule has 8 heteroatoms. The first kappa shape index (κ1) is 20.6. The molecule has 1 amide bonds. The molecule has 6 nitrogen and oxygen atoms in total. The van der Waals surface area contributed by atoms with Crippen molar-refractivity contribution in [2.45, 2.75) is 0 Å². The van der Waals surface area contributed by atoms with E-state index in [9.17, 15) is 14.7 Å². The number of aromatic hydroxyl groups is 1. The second kappa shape index (κ2) is 8.99. The van der Waals surface area contributed by atoms with Crippen LogP contribution in [0.1, 0.15) is 25.6 Å². The molecule has 0 radical (unpaired) electrons. The molecule has 0 bridgehead atoms. The van der Waals surface area contributed by atoms with Crippen LogP contribution >= 0.6 is 22.9 Å². The van der Waals surface area contributed by atoms with E-state index in [2.05, 4.69) is 10.5 Å². The van der Waals surface area contributed by atoms with Crippen molar-refractivity contribution in [3.63, 3.8) is 0 Å². The fraction of sp³-hybridized carbons (Fsp3) is 0. The number of amides is 1. The highest BCUT2D eigenvalue weighted by atomic mass is 35.5. The molecule has 0 saturated carbocycles. The Morgan fingerprint density at radius 2 is 1.71 bits per heavy atom. The number of carbonyl (C=O) groups excluding carboxylic acids is 2. The standard InChI is InChI=1S/C23H15ClN2O4S/c24-20-18-3-1-2-4-19(18)31-21(20)23(29)30-17-11-5-14(6-12-17)13-25-26-22(28)15-7-9-16(27)10-8-15/h1-13,27H,(H,26,28)/b25-13-. The molecule has 0 fully saturated rings. The lowest BCUT2D eigenvalue weighted by atomic mass is 10.2. The zero-order valence-corrected chi connectivity index (χ0v) is 17.5. The molecule has 4 aromatic rings. The Morgan fingerprint density at radius 3 is 2.42 bits per heavy atom. The SMILES string of the molecule is O=C(N/N=C\c1ccc(OC(=O)c2sc3ccccc3c2Cl)cc1)c1ccc(O)cc1. The molecular weight excluding hydrogens is 436 g/mol. The predicted molar refractivity (Wildman–Crippen MR) is 121 cm³/mol. The van der Waals surface area contributed by atoms with Crippen molar-refractivity contribution < 1.29 is 19.4 Å². The maximum Gasteiger partial charge on any atom is 0.355 e. The third-order valence-electron chi connectivity index (χ3n) is 4.32. The molecular formula is C23H15ClN2O4S. The van der Waals surface area contributed by atoms with E-state index in [0.29, 0.717) is 26.8 Å². The molecule has 1 aromatic heterocycles. The van der Waals surface area contributed by atoms with Gasteiger partial charge in [0, 0.05) is 15.6 Å². The van der Waals surface area contributed by atoms with E-state index in [-0.39, 0.29) is 5.75 Å². The Hall–Kier alpha value is -3.68. The molecule has 154 valence electrons. The van der Waals surface area contributed by atoms with Crippen LogP contribution in [0, 0.1) is 0 Å². The number of thiophene rings is 1. The predicted octanol–water partition coefficient (Wildman–Crippen LogP) is 5.24. The summed E-state index contributed by atoms with van der Waals surface area (Å²) in [5, 5.41) is 14.4. The number of nitrogens with zero attached hydrogens (tertiary/aromatic N) is 1. The topological polar surface area (TPSA) is 88.0 Å². The van der Waals surface area contributed by atoms with Gasteiger partial charge in [-0.25, -0.2) is 10.2 Å². The van der Waals surface area contributed by atoms with Crippen LogP contribution < -0.4 is 10.2 Å². The summed E-state index contributed by atoms with van der Waals surface area (Å²) < 4.78 is 6.35. The molecule has 0 atom stereocenters. The van der Waals surface area contributed by atoms with Crippen molar-refractivity contribution in [3.05, 3.63) is 93.8 Å². The first-order valence-corrected chi connectivity index (χ1v) is 10.3. The van der Waals surface area contributed by atoms with Gasteiger partial charge in [0.2, 0.25) is 0 Å². The van der Waals surface area contributed by atoms with Crippen molar-refractivity contribution in [2.75, 3.05) is 0 Å².